The molecule has 0 atom stereocenters. The van der Waals surface area contributed by atoms with E-state index in [1.165, 1.54) is 0 Å². The molecule has 4 aromatic rings. The average molecular weight is 350 g/mol. The molecule has 3 nitrogen and oxygen atoms in total. The number of pyridine rings is 2. The summed E-state index contributed by atoms with van der Waals surface area (Å²) >= 11 is 0. The van der Waals surface area contributed by atoms with E-state index < -0.39 is 0 Å². The second kappa shape index (κ2) is 7.34. The molecule has 0 saturated heterocycles. The van der Waals surface area contributed by atoms with Crippen molar-refractivity contribution in [2.24, 2.45) is 0 Å². The number of aromatic nitrogens is 2. The van der Waals surface area contributed by atoms with E-state index in [0.717, 1.165) is 33.4 Å². The number of nitrogens with zero attached hydrogens (tertiary/aromatic N) is 2. The summed E-state index contributed by atoms with van der Waals surface area (Å²) in [6.07, 6.45) is 7.16. The van der Waals surface area contributed by atoms with Crippen molar-refractivity contribution in [1.29, 1.82) is 0 Å². The van der Waals surface area contributed by atoms with Crippen LogP contribution < -0.4 is 0 Å². The van der Waals surface area contributed by atoms with E-state index in [0.29, 0.717) is 5.56 Å². The number of ketones is 1. The fraction of sp³-hybridized carbons (Fsp3) is 0.0417. The summed E-state index contributed by atoms with van der Waals surface area (Å²) in [5.74, 6) is 0.0407. The number of benzene rings is 2. The van der Waals surface area contributed by atoms with Gasteiger partial charge in [-0.25, -0.2) is 0 Å². The minimum Gasteiger partial charge on any atom is -0.294 e. The summed E-state index contributed by atoms with van der Waals surface area (Å²) in [4.78, 5) is 20.7. The maximum absolute atomic E-state index is 12.2. The Morgan fingerprint density at radius 2 is 1.37 bits per heavy atom. The highest BCUT2D eigenvalue weighted by molar-refractivity contribution is 6.02. The molecule has 3 heteroatoms. The Bertz CT molecular complexity index is 1090. The largest absolute Gasteiger partial charge is 0.294 e. The Morgan fingerprint density at radius 1 is 0.667 bits per heavy atom. The molecule has 0 aliphatic rings. The van der Waals surface area contributed by atoms with Gasteiger partial charge in [0.2, 0.25) is 0 Å². The molecule has 2 aromatic heterocycles. The summed E-state index contributed by atoms with van der Waals surface area (Å²) in [5.41, 5.74) is 6.75. The molecule has 0 saturated carbocycles. The van der Waals surface area contributed by atoms with Crippen LogP contribution in [-0.4, -0.2) is 15.8 Å². The summed E-state index contributed by atoms with van der Waals surface area (Å²) < 4.78 is 0. The molecular formula is C24H18N2O. The maximum atomic E-state index is 12.2. The van der Waals surface area contributed by atoms with Crippen LogP contribution in [0, 0.1) is 0 Å². The lowest BCUT2D eigenvalue weighted by molar-refractivity contribution is 0.101. The molecule has 2 heterocycles. The van der Waals surface area contributed by atoms with Crippen molar-refractivity contribution in [2.75, 3.05) is 0 Å². The molecule has 0 spiro atoms. The highest BCUT2D eigenvalue weighted by atomic mass is 16.1. The highest BCUT2D eigenvalue weighted by Gasteiger charge is 2.12. The van der Waals surface area contributed by atoms with E-state index in [1.54, 1.807) is 25.5 Å². The Balaban J connectivity index is 1.86. The predicted octanol–water partition coefficient (Wildman–Crippen LogP) is 5.68. The molecule has 0 N–H and O–H groups in total. The van der Waals surface area contributed by atoms with Crippen molar-refractivity contribution >= 4 is 5.78 Å². The third kappa shape index (κ3) is 3.53. The van der Waals surface area contributed by atoms with Gasteiger partial charge in [-0.15, -0.1) is 0 Å². The van der Waals surface area contributed by atoms with Crippen LogP contribution in [0.1, 0.15) is 17.3 Å². The van der Waals surface area contributed by atoms with Crippen LogP contribution in [-0.2, 0) is 0 Å². The van der Waals surface area contributed by atoms with E-state index in [1.807, 2.05) is 48.7 Å². The van der Waals surface area contributed by atoms with Crippen molar-refractivity contribution in [3.8, 4) is 33.4 Å². The first-order chi connectivity index (χ1) is 13.2. The zero-order valence-electron chi connectivity index (χ0n) is 15.0. The molecule has 130 valence electrons. The molecule has 0 aliphatic carbocycles. The molecule has 0 radical (unpaired) electrons. The first-order valence-corrected chi connectivity index (χ1v) is 8.78. The summed E-state index contributed by atoms with van der Waals surface area (Å²) in [6, 6.07) is 22.1. The van der Waals surface area contributed by atoms with E-state index in [2.05, 4.69) is 34.2 Å². The van der Waals surface area contributed by atoms with Gasteiger partial charge < -0.3 is 0 Å². The van der Waals surface area contributed by atoms with Crippen LogP contribution in [0.3, 0.4) is 0 Å². The summed E-state index contributed by atoms with van der Waals surface area (Å²) in [7, 11) is 0. The van der Waals surface area contributed by atoms with Gasteiger partial charge in [0.1, 0.15) is 0 Å². The zero-order valence-corrected chi connectivity index (χ0v) is 15.0. The zero-order chi connectivity index (χ0) is 18.6. The number of hydrogen-bond acceptors (Lipinski definition) is 3. The third-order valence-corrected chi connectivity index (χ3v) is 4.57. The van der Waals surface area contributed by atoms with Gasteiger partial charge in [0, 0.05) is 41.5 Å². The SMILES string of the molecule is CC(=O)c1ccc(-c2ccccc2)cc1-c1cncc(-c2ccncc2)c1. The van der Waals surface area contributed by atoms with Gasteiger partial charge in [-0.05, 0) is 53.4 Å². The minimum absolute atomic E-state index is 0.0407. The van der Waals surface area contributed by atoms with Gasteiger partial charge in [0.25, 0.3) is 0 Å². The van der Waals surface area contributed by atoms with Crippen molar-refractivity contribution in [3.63, 3.8) is 0 Å². The lowest BCUT2D eigenvalue weighted by atomic mass is 9.93. The molecule has 4 rings (SSSR count). The maximum Gasteiger partial charge on any atom is 0.160 e. The molecule has 27 heavy (non-hydrogen) atoms. The average Bonchev–Trinajstić information content (AvgIpc) is 2.74. The second-order valence-electron chi connectivity index (χ2n) is 6.38. The molecule has 0 fully saturated rings. The molecule has 0 bridgehead atoms. The van der Waals surface area contributed by atoms with Crippen molar-refractivity contribution in [1.82, 2.24) is 9.97 Å². The fourth-order valence-corrected chi connectivity index (χ4v) is 3.19. The van der Waals surface area contributed by atoms with E-state index in [9.17, 15) is 4.79 Å². The second-order valence-corrected chi connectivity index (χ2v) is 6.38. The minimum atomic E-state index is 0.0407. The Morgan fingerprint density at radius 3 is 2.11 bits per heavy atom. The smallest absolute Gasteiger partial charge is 0.160 e. The number of carbonyl (C=O) groups excluding carboxylic acids is 1. The molecule has 0 aliphatic heterocycles. The summed E-state index contributed by atoms with van der Waals surface area (Å²) in [5, 5.41) is 0. The van der Waals surface area contributed by atoms with Crippen LogP contribution in [0.15, 0.2) is 91.5 Å². The normalized spacial score (nSPS) is 10.6. The van der Waals surface area contributed by atoms with Gasteiger partial charge in [-0.1, -0.05) is 42.5 Å². The topological polar surface area (TPSA) is 42.9 Å². The molecular weight excluding hydrogens is 332 g/mol. The van der Waals surface area contributed by atoms with Crippen LogP contribution in [0.2, 0.25) is 0 Å². The van der Waals surface area contributed by atoms with Crippen molar-refractivity contribution in [3.05, 3.63) is 97.1 Å². The van der Waals surface area contributed by atoms with Crippen molar-refractivity contribution < 1.29 is 4.79 Å². The molecule has 0 unspecified atom stereocenters. The van der Waals surface area contributed by atoms with Crippen LogP contribution >= 0.6 is 0 Å². The standard InChI is InChI=1S/C24H18N2O/c1-17(27)23-8-7-20(18-5-3-2-4-6-18)14-24(23)22-13-21(15-26-16-22)19-9-11-25-12-10-19/h2-16H,1H3. The fourth-order valence-electron chi connectivity index (χ4n) is 3.19. The number of rotatable bonds is 4. The lowest BCUT2D eigenvalue weighted by Gasteiger charge is -2.12. The lowest BCUT2D eigenvalue weighted by Crippen LogP contribution is -1.97. The number of hydrogen-bond donors (Lipinski definition) is 0. The monoisotopic (exact) mass is 350 g/mol. The van der Waals surface area contributed by atoms with Crippen LogP contribution in [0.4, 0.5) is 0 Å². The molecule has 0 amide bonds. The van der Waals surface area contributed by atoms with E-state index in [4.69, 9.17) is 0 Å². The van der Waals surface area contributed by atoms with Gasteiger partial charge in [0.15, 0.2) is 5.78 Å². The van der Waals surface area contributed by atoms with E-state index in [-0.39, 0.29) is 5.78 Å². The van der Waals surface area contributed by atoms with Gasteiger partial charge in [-0.2, -0.15) is 0 Å². The van der Waals surface area contributed by atoms with Gasteiger partial charge >= 0.3 is 0 Å². The Labute approximate surface area is 158 Å². The third-order valence-electron chi connectivity index (χ3n) is 4.57. The first kappa shape index (κ1) is 16.9. The van der Waals surface area contributed by atoms with E-state index >= 15 is 0 Å². The number of carbonyl (C=O) groups is 1. The van der Waals surface area contributed by atoms with Crippen molar-refractivity contribution in [2.45, 2.75) is 6.92 Å². The quantitative estimate of drug-likeness (QED) is 0.445. The Kier molecular flexibility index (Phi) is 4.58. The summed E-state index contributed by atoms with van der Waals surface area (Å²) in [6.45, 7) is 1.60. The van der Waals surface area contributed by atoms with Crippen LogP contribution in [0.5, 0.6) is 0 Å². The highest BCUT2D eigenvalue weighted by Crippen LogP contribution is 2.31. The van der Waals surface area contributed by atoms with Gasteiger partial charge in [-0.3, -0.25) is 14.8 Å². The molecule has 2 aromatic carbocycles. The Hall–Kier alpha value is -3.59. The van der Waals surface area contributed by atoms with Gasteiger partial charge in [0.05, 0.1) is 0 Å². The predicted molar refractivity (Wildman–Crippen MR) is 108 cm³/mol. The number of Topliss-reactive ketones (excluding diaryl/α,β-unsaturated/α-hetero) is 1. The first-order valence-electron chi connectivity index (χ1n) is 8.78. The van der Waals surface area contributed by atoms with Crippen LogP contribution in [0.25, 0.3) is 33.4 Å².